The van der Waals surface area contributed by atoms with Gasteiger partial charge >= 0.3 is 0 Å². The van der Waals surface area contributed by atoms with Gasteiger partial charge in [-0.1, -0.05) is 11.6 Å². The molecule has 0 saturated heterocycles. The first-order valence-corrected chi connectivity index (χ1v) is 6.74. The number of carbonyl (C=O) groups excluding carboxylic acids is 1. The van der Waals surface area contributed by atoms with Gasteiger partial charge in [-0.2, -0.15) is 5.10 Å². The zero-order chi connectivity index (χ0) is 13.4. The monoisotopic (exact) mass is 283 g/mol. The Hall–Kier alpha value is -1.20. The Kier molecular flexibility index (Phi) is 3.54. The number of carbonyl (C=O) groups is 1. The van der Waals surface area contributed by atoms with Crippen LogP contribution in [0.5, 0.6) is 0 Å². The molecule has 0 bridgehead atoms. The molecule has 2 rings (SSSR count). The van der Waals surface area contributed by atoms with E-state index in [1.165, 1.54) is 11.3 Å². The van der Waals surface area contributed by atoms with Crippen LogP contribution >= 0.6 is 22.9 Å². The van der Waals surface area contributed by atoms with Gasteiger partial charge in [0.05, 0.1) is 21.3 Å². The predicted molar refractivity (Wildman–Crippen MR) is 72.6 cm³/mol. The first-order chi connectivity index (χ1) is 8.40. The van der Waals surface area contributed by atoms with Crippen LogP contribution in [0.15, 0.2) is 0 Å². The summed E-state index contributed by atoms with van der Waals surface area (Å²) in [5.74, 6) is 0.0519. The number of hydrogen-bond donors (Lipinski definition) is 0. The van der Waals surface area contributed by atoms with Crippen molar-refractivity contribution in [2.45, 2.75) is 27.2 Å². The van der Waals surface area contributed by atoms with E-state index in [1.807, 2.05) is 20.8 Å². The number of thiazole rings is 1. The Morgan fingerprint density at radius 1 is 1.33 bits per heavy atom. The van der Waals surface area contributed by atoms with Crippen LogP contribution in [-0.4, -0.2) is 20.5 Å². The van der Waals surface area contributed by atoms with Crippen molar-refractivity contribution in [2.75, 3.05) is 0 Å². The number of nitrogens with zero attached hydrogens (tertiary/aromatic N) is 3. The number of rotatable bonds is 3. The lowest BCUT2D eigenvalue weighted by molar-refractivity contribution is 0.0996. The van der Waals surface area contributed by atoms with Gasteiger partial charge in [0, 0.05) is 19.0 Å². The number of aromatic nitrogens is 3. The molecule has 0 radical (unpaired) electrons. The molecule has 0 aromatic carbocycles. The van der Waals surface area contributed by atoms with E-state index in [9.17, 15) is 4.79 Å². The fourth-order valence-electron chi connectivity index (χ4n) is 1.91. The van der Waals surface area contributed by atoms with E-state index in [-0.39, 0.29) is 12.2 Å². The third-order valence-corrected chi connectivity index (χ3v) is 4.35. The van der Waals surface area contributed by atoms with E-state index in [0.717, 1.165) is 22.0 Å². The molecular weight excluding hydrogens is 270 g/mol. The summed E-state index contributed by atoms with van der Waals surface area (Å²) in [6, 6.07) is 0. The summed E-state index contributed by atoms with van der Waals surface area (Å²) >= 11 is 7.56. The Balaban J connectivity index is 2.29. The topological polar surface area (TPSA) is 47.8 Å². The summed E-state index contributed by atoms with van der Waals surface area (Å²) in [6.07, 6.45) is 0.279. The molecule has 2 aromatic heterocycles. The molecule has 6 heteroatoms. The highest BCUT2D eigenvalue weighted by Crippen LogP contribution is 2.24. The number of ketones is 1. The van der Waals surface area contributed by atoms with E-state index in [1.54, 1.807) is 11.7 Å². The van der Waals surface area contributed by atoms with Gasteiger partial charge in [-0.25, -0.2) is 4.98 Å². The minimum Gasteiger partial charge on any atom is -0.293 e. The maximum Gasteiger partial charge on any atom is 0.179 e. The molecule has 2 heterocycles. The third-order valence-electron chi connectivity index (χ3n) is 2.76. The molecule has 0 N–H and O–H groups in total. The molecule has 0 unspecified atom stereocenters. The lowest BCUT2D eigenvalue weighted by atomic mass is 10.1. The molecule has 0 saturated carbocycles. The van der Waals surface area contributed by atoms with Crippen LogP contribution in [0.25, 0.3) is 0 Å². The van der Waals surface area contributed by atoms with Gasteiger partial charge < -0.3 is 0 Å². The van der Waals surface area contributed by atoms with Crippen molar-refractivity contribution in [3.63, 3.8) is 0 Å². The standard InChI is InChI=1S/C12H14ClN3OS/c1-6-9(12(13)16(4)15-6)5-10(17)11-7(2)14-8(3)18-11/h5H2,1-4H3. The van der Waals surface area contributed by atoms with Gasteiger partial charge in [-0.05, 0) is 20.8 Å². The normalized spacial score (nSPS) is 10.9. The average molecular weight is 284 g/mol. The maximum absolute atomic E-state index is 12.2. The van der Waals surface area contributed by atoms with E-state index in [2.05, 4.69) is 10.1 Å². The van der Waals surface area contributed by atoms with E-state index in [4.69, 9.17) is 11.6 Å². The molecule has 0 amide bonds. The summed E-state index contributed by atoms with van der Waals surface area (Å²) in [5.41, 5.74) is 2.39. The maximum atomic E-state index is 12.2. The highest BCUT2D eigenvalue weighted by atomic mass is 35.5. The Labute approximate surface area is 115 Å². The van der Waals surface area contributed by atoms with Crippen LogP contribution in [0, 0.1) is 20.8 Å². The highest BCUT2D eigenvalue weighted by Gasteiger charge is 2.19. The van der Waals surface area contributed by atoms with Crippen LogP contribution in [0.2, 0.25) is 5.15 Å². The van der Waals surface area contributed by atoms with Gasteiger partial charge in [-0.3, -0.25) is 9.48 Å². The van der Waals surface area contributed by atoms with Crippen LogP contribution in [0.3, 0.4) is 0 Å². The van der Waals surface area contributed by atoms with Gasteiger partial charge in [0.25, 0.3) is 0 Å². The van der Waals surface area contributed by atoms with Crippen LogP contribution in [0.4, 0.5) is 0 Å². The zero-order valence-electron chi connectivity index (χ0n) is 10.7. The largest absolute Gasteiger partial charge is 0.293 e. The van der Waals surface area contributed by atoms with Crippen molar-refractivity contribution >= 4 is 28.7 Å². The quantitative estimate of drug-likeness (QED) is 0.814. The summed E-state index contributed by atoms with van der Waals surface area (Å²) in [5, 5.41) is 5.64. The second-order valence-electron chi connectivity index (χ2n) is 4.23. The Morgan fingerprint density at radius 2 is 2.00 bits per heavy atom. The molecule has 96 valence electrons. The van der Waals surface area contributed by atoms with E-state index in [0.29, 0.717) is 10.0 Å². The van der Waals surface area contributed by atoms with Crippen LogP contribution < -0.4 is 0 Å². The van der Waals surface area contributed by atoms with E-state index < -0.39 is 0 Å². The van der Waals surface area contributed by atoms with Crippen molar-refractivity contribution in [3.8, 4) is 0 Å². The SMILES string of the molecule is Cc1nc(C)c(C(=O)Cc2c(C)nn(C)c2Cl)s1. The molecule has 4 nitrogen and oxygen atoms in total. The third kappa shape index (κ3) is 2.33. The molecule has 18 heavy (non-hydrogen) atoms. The minimum absolute atomic E-state index is 0.0519. The van der Waals surface area contributed by atoms with Crippen molar-refractivity contribution < 1.29 is 4.79 Å². The summed E-state index contributed by atoms with van der Waals surface area (Å²) in [7, 11) is 1.77. The van der Waals surface area contributed by atoms with Gasteiger partial charge in [-0.15, -0.1) is 11.3 Å². The smallest absolute Gasteiger partial charge is 0.179 e. The van der Waals surface area contributed by atoms with Crippen molar-refractivity contribution in [1.82, 2.24) is 14.8 Å². The fourth-order valence-corrected chi connectivity index (χ4v) is 3.00. The number of hydrogen-bond acceptors (Lipinski definition) is 4. The molecule has 0 spiro atoms. The van der Waals surface area contributed by atoms with Crippen LogP contribution in [-0.2, 0) is 13.5 Å². The summed E-state index contributed by atoms with van der Waals surface area (Å²) in [4.78, 5) is 17.2. The molecule has 0 aliphatic heterocycles. The predicted octanol–water partition coefficient (Wildman–Crippen LogP) is 2.88. The van der Waals surface area contributed by atoms with Gasteiger partial charge in [0.2, 0.25) is 0 Å². The second kappa shape index (κ2) is 4.82. The zero-order valence-corrected chi connectivity index (χ0v) is 12.3. The molecule has 0 aliphatic rings. The molecular formula is C12H14ClN3OS. The first-order valence-electron chi connectivity index (χ1n) is 5.55. The number of halogens is 1. The van der Waals surface area contributed by atoms with E-state index >= 15 is 0 Å². The molecule has 2 aromatic rings. The van der Waals surface area contributed by atoms with Crippen molar-refractivity contribution in [2.24, 2.45) is 7.05 Å². The van der Waals surface area contributed by atoms with Crippen molar-refractivity contribution in [3.05, 3.63) is 32.0 Å². The summed E-state index contributed by atoms with van der Waals surface area (Å²) in [6.45, 7) is 5.62. The number of Topliss-reactive ketones (excluding diaryl/α,β-unsaturated/α-hetero) is 1. The lowest BCUT2D eigenvalue weighted by Crippen LogP contribution is -2.04. The molecule has 0 fully saturated rings. The number of aryl methyl sites for hydroxylation is 4. The Morgan fingerprint density at radius 3 is 2.44 bits per heavy atom. The van der Waals surface area contributed by atoms with Gasteiger partial charge in [0.15, 0.2) is 5.78 Å². The Bertz CT molecular complexity index is 615. The fraction of sp³-hybridized carbons (Fsp3) is 0.417. The van der Waals surface area contributed by atoms with Crippen LogP contribution in [0.1, 0.15) is 31.6 Å². The summed E-state index contributed by atoms with van der Waals surface area (Å²) < 4.78 is 1.59. The molecule has 0 atom stereocenters. The average Bonchev–Trinajstić information content (AvgIpc) is 2.73. The minimum atomic E-state index is 0.0519. The van der Waals surface area contributed by atoms with Crippen molar-refractivity contribution in [1.29, 1.82) is 0 Å². The second-order valence-corrected chi connectivity index (χ2v) is 5.79. The lowest BCUT2D eigenvalue weighted by Gasteiger charge is -1.99. The van der Waals surface area contributed by atoms with Gasteiger partial charge in [0.1, 0.15) is 5.15 Å². The highest BCUT2D eigenvalue weighted by molar-refractivity contribution is 7.13. The molecule has 0 aliphatic carbocycles. The first kappa shape index (κ1) is 13.2.